The predicted octanol–water partition coefficient (Wildman–Crippen LogP) is -1.86. The molecule has 4 amide bonds. The Bertz CT molecular complexity index is 408. The summed E-state index contributed by atoms with van der Waals surface area (Å²) >= 11 is 0. The van der Waals surface area contributed by atoms with Crippen LogP contribution in [0, 0.1) is 5.92 Å². The minimum atomic E-state index is -1.37. The van der Waals surface area contributed by atoms with Crippen LogP contribution in [0.4, 0.5) is 4.79 Å². The lowest BCUT2D eigenvalue weighted by Crippen LogP contribution is -2.49. The van der Waals surface area contributed by atoms with Gasteiger partial charge in [-0.2, -0.15) is 0 Å². The van der Waals surface area contributed by atoms with Gasteiger partial charge >= 0.3 is 12.0 Å². The quantitative estimate of drug-likeness (QED) is 0.331. The molecule has 0 radical (unpaired) electrons. The van der Waals surface area contributed by atoms with Crippen molar-refractivity contribution in [1.82, 2.24) is 16.0 Å². The summed E-state index contributed by atoms with van der Waals surface area (Å²) in [5.74, 6) is -2.12. The average molecular weight is 286 g/mol. The zero-order chi connectivity index (χ0) is 15.1. The van der Waals surface area contributed by atoms with Crippen molar-refractivity contribution in [2.24, 2.45) is 11.7 Å². The Morgan fingerprint density at radius 2 is 1.75 bits per heavy atom. The Morgan fingerprint density at radius 3 is 2.25 bits per heavy atom. The Labute approximate surface area is 115 Å². The van der Waals surface area contributed by atoms with Gasteiger partial charge in [0.2, 0.25) is 11.8 Å². The standard InChI is InChI=1S/C11H18N4O5/c12-8(16)5-7(10(18)19)15-11(20)14-4-3-13-9(17)6-1-2-6/h6-7H,1-5H2,(H2,12,16)(H,13,17)(H,18,19)(H2,14,15,20)/t7-/m0/s1. The molecule has 1 aliphatic rings. The number of carboxylic acids is 1. The van der Waals surface area contributed by atoms with Crippen LogP contribution in [0.25, 0.3) is 0 Å². The number of nitrogens with one attached hydrogen (secondary N) is 3. The fourth-order valence-electron chi connectivity index (χ4n) is 1.46. The second-order valence-corrected chi connectivity index (χ2v) is 4.53. The van der Waals surface area contributed by atoms with Crippen molar-refractivity contribution in [3.8, 4) is 0 Å². The molecule has 0 heterocycles. The van der Waals surface area contributed by atoms with E-state index in [4.69, 9.17) is 10.8 Å². The Hall–Kier alpha value is -2.32. The smallest absolute Gasteiger partial charge is 0.326 e. The minimum Gasteiger partial charge on any atom is -0.480 e. The molecule has 9 nitrogen and oxygen atoms in total. The zero-order valence-corrected chi connectivity index (χ0v) is 10.8. The fourth-order valence-corrected chi connectivity index (χ4v) is 1.46. The van der Waals surface area contributed by atoms with Gasteiger partial charge in [0.25, 0.3) is 0 Å². The third-order valence-electron chi connectivity index (χ3n) is 2.67. The third-order valence-corrected chi connectivity index (χ3v) is 2.67. The van der Waals surface area contributed by atoms with Gasteiger partial charge in [-0.3, -0.25) is 9.59 Å². The highest BCUT2D eigenvalue weighted by molar-refractivity contribution is 5.87. The molecule has 0 spiro atoms. The van der Waals surface area contributed by atoms with Crippen molar-refractivity contribution in [2.45, 2.75) is 25.3 Å². The van der Waals surface area contributed by atoms with Crippen LogP contribution in [0.2, 0.25) is 0 Å². The van der Waals surface area contributed by atoms with Crippen LogP contribution >= 0.6 is 0 Å². The van der Waals surface area contributed by atoms with Crippen molar-refractivity contribution in [3.63, 3.8) is 0 Å². The largest absolute Gasteiger partial charge is 0.480 e. The SMILES string of the molecule is NC(=O)C[C@H](NC(=O)NCCNC(=O)C1CC1)C(=O)O. The van der Waals surface area contributed by atoms with E-state index < -0.39 is 30.4 Å². The van der Waals surface area contributed by atoms with E-state index in [0.717, 1.165) is 12.8 Å². The van der Waals surface area contributed by atoms with Gasteiger partial charge in [0.05, 0.1) is 6.42 Å². The molecular formula is C11H18N4O5. The Morgan fingerprint density at radius 1 is 1.15 bits per heavy atom. The van der Waals surface area contributed by atoms with E-state index >= 15 is 0 Å². The number of amides is 4. The second kappa shape index (κ2) is 7.31. The molecule has 1 saturated carbocycles. The molecule has 1 fully saturated rings. The molecule has 20 heavy (non-hydrogen) atoms. The molecule has 1 aliphatic carbocycles. The predicted molar refractivity (Wildman–Crippen MR) is 67.5 cm³/mol. The molecule has 0 aromatic carbocycles. The van der Waals surface area contributed by atoms with Crippen molar-refractivity contribution in [2.75, 3.05) is 13.1 Å². The highest BCUT2D eigenvalue weighted by Crippen LogP contribution is 2.28. The second-order valence-electron chi connectivity index (χ2n) is 4.53. The fraction of sp³-hybridized carbons (Fsp3) is 0.636. The molecule has 9 heteroatoms. The summed E-state index contributed by atoms with van der Waals surface area (Å²) in [7, 11) is 0. The molecule has 0 aliphatic heterocycles. The molecule has 0 unspecified atom stereocenters. The van der Waals surface area contributed by atoms with Crippen LogP contribution in [0.5, 0.6) is 0 Å². The van der Waals surface area contributed by atoms with Crippen molar-refractivity contribution in [3.05, 3.63) is 0 Å². The number of rotatable bonds is 8. The maximum Gasteiger partial charge on any atom is 0.326 e. The maximum atomic E-state index is 11.4. The molecule has 0 bridgehead atoms. The molecule has 0 aromatic rings. The molecule has 1 rings (SSSR count). The summed E-state index contributed by atoms with van der Waals surface area (Å²) in [6.45, 7) is 0.420. The van der Waals surface area contributed by atoms with Gasteiger partial charge in [0.1, 0.15) is 6.04 Å². The third kappa shape index (κ3) is 6.03. The summed E-state index contributed by atoms with van der Waals surface area (Å²) in [4.78, 5) is 44.1. The lowest BCUT2D eigenvalue weighted by Gasteiger charge is -2.13. The number of hydrogen-bond acceptors (Lipinski definition) is 4. The van der Waals surface area contributed by atoms with E-state index in [1.165, 1.54) is 0 Å². The summed E-state index contributed by atoms with van der Waals surface area (Å²) in [6, 6.07) is -2.10. The molecule has 6 N–H and O–H groups in total. The zero-order valence-electron chi connectivity index (χ0n) is 10.8. The number of carbonyl (C=O) groups excluding carboxylic acids is 3. The van der Waals surface area contributed by atoms with E-state index in [0.29, 0.717) is 0 Å². The highest BCUT2D eigenvalue weighted by atomic mass is 16.4. The first-order chi connectivity index (χ1) is 9.40. The van der Waals surface area contributed by atoms with E-state index in [2.05, 4.69) is 16.0 Å². The number of urea groups is 1. The molecule has 1 atom stereocenters. The molecule has 112 valence electrons. The van der Waals surface area contributed by atoms with Gasteiger partial charge in [0.15, 0.2) is 0 Å². The summed E-state index contributed by atoms with van der Waals surface area (Å²) in [5, 5.41) is 15.9. The summed E-state index contributed by atoms with van der Waals surface area (Å²) in [5.41, 5.74) is 4.87. The van der Waals surface area contributed by atoms with Crippen LogP contribution in [-0.2, 0) is 14.4 Å². The highest BCUT2D eigenvalue weighted by Gasteiger charge is 2.29. The molecule has 0 aromatic heterocycles. The van der Waals surface area contributed by atoms with E-state index in [-0.39, 0.29) is 24.9 Å². The monoisotopic (exact) mass is 286 g/mol. The number of carbonyl (C=O) groups is 4. The lowest BCUT2D eigenvalue weighted by molar-refractivity contribution is -0.140. The summed E-state index contributed by atoms with van der Waals surface area (Å²) < 4.78 is 0. The first-order valence-electron chi connectivity index (χ1n) is 6.23. The van der Waals surface area contributed by atoms with E-state index in [1.54, 1.807) is 0 Å². The van der Waals surface area contributed by atoms with Crippen molar-refractivity contribution >= 4 is 23.8 Å². The van der Waals surface area contributed by atoms with Crippen LogP contribution < -0.4 is 21.7 Å². The molecular weight excluding hydrogens is 268 g/mol. The van der Waals surface area contributed by atoms with Crippen LogP contribution in [0.1, 0.15) is 19.3 Å². The first-order valence-corrected chi connectivity index (χ1v) is 6.23. The van der Waals surface area contributed by atoms with Crippen LogP contribution in [0.3, 0.4) is 0 Å². The number of primary amides is 1. The average Bonchev–Trinajstić information content (AvgIpc) is 3.17. The molecule has 0 saturated heterocycles. The van der Waals surface area contributed by atoms with Gasteiger partial charge in [-0.15, -0.1) is 0 Å². The number of nitrogens with two attached hydrogens (primary N) is 1. The minimum absolute atomic E-state index is 0.0376. The normalized spacial score (nSPS) is 15.0. The van der Waals surface area contributed by atoms with Gasteiger partial charge in [-0.1, -0.05) is 0 Å². The Kier molecular flexibility index (Phi) is 5.75. The lowest BCUT2D eigenvalue weighted by atomic mass is 10.2. The summed E-state index contributed by atoms with van der Waals surface area (Å²) in [6.07, 6.45) is 1.31. The number of aliphatic carboxylic acids is 1. The first kappa shape index (κ1) is 15.7. The number of carboxylic acid groups (broad SMARTS) is 1. The van der Waals surface area contributed by atoms with Crippen molar-refractivity contribution < 1.29 is 24.3 Å². The number of hydrogen-bond donors (Lipinski definition) is 5. The van der Waals surface area contributed by atoms with E-state index in [9.17, 15) is 19.2 Å². The Balaban J connectivity index is 2.18. The van der Waals surface area contributed by atoms with Gasteiger partial charge in [0, 0.05) is 19.0 Å². The van der Waals surface area contributed by atoms with Crippen molar-refractivity contribution in [1.29, 1.82) is 0 Å². The maximum absolute atomic E-state index is 11.4. The van der Waals surface area contributed by atoms with Crippen LogP contribution in [0.15, 0.2) is 0 Å². The van der Waals surface area contributed by atoms with E-state index in [1.807, 2.05) is 0 Å². The van der Waals surface area contributed by atoms with Crippen LogP contribution in [-0.4, -0.2) is 48.1 Å². The topological polar surface area (TPSA) is 151 Å². The van der Waals surface area contributed by atoms with Gasteiger partial charge in [-0.25, -0.2) is 9.59 Å². The van der Waals surface area contributed by atoms with Gasteiger partial charge in [-0.05, 0) is 12.8 Å². The van der Waals surface area contributed by atoms with Gasteiger partial charge < -0.3 is 26.8 Å².